The van der Waals surface area contributed by atoms with Gasteiger partial charge in [-0.15, -0.1) is 0 Å². The number of hydrogen-bond acceptors (Lipinski definition) is 6. The molecule has 4 aliphatic rings. The van der Waals surface area contributed by atoms with Crippen LogP contribution in [0.5, 0.6) is 11.5 Å². The molecule has 2 fully saturated rings. The van der Waals surface area contributed by atoms with Gasteiger partial charge >= 0.3 is 5.97 Å². The molecule has 2 aromatic rings. The largest absolute Gasteiger partial charge is 0.493 e. The number of ketones is 1. The predicted molar refractivity (Wildman–Crippen MR) is 166 cm³/mol. The normalized spacial score (nSPS) is 36.0. The molecule has 6 heteroatoms. The number of hydrogen-bond donors (Lipinski definition) is 0. The fourth-order valence-electron chi connectivity index (χ4n) is 9.70. The Balaban J connectivity index is 1.37. The smallest absolute Gasteiger partial charge is 0.331 e. The summed E-state index contributed by atoms with van der Waals surface area (Å²) in [5.74, 6) is 1.60. The number of fused-ring (bicyclic) bond motifs is 5. The number of rotatable bonds is 6. The van der Waals surface area contributed by atoms with Crippen LogP contribution < -0.4 is 9.47 Å². The van der Waals surface area contributed by atoms with E-state index < -0.39 is 5.41 Å². The van der Waals surface area contributed by atoms with Gasteiger partial charge < -0.3 is 18.6 Å². The van der Waals surface area contributed by atoms with Crippen molar-refractivity contribution in [2.75, 3.05) is 14.2 Å². The lowest BCUT2D eigenvalue weighted by Crippen LogP contribution is -2.64. The van der Waals surface area contributed by atoms with Crippen LogP contribution in [0.2, 0.25) is 0 Å². The Morgan fingerprint density at radius 2 is 1.79 bits per heavy atom. The van der Waals surface area contributed by atoms with E-state index in [1.807, 2.05) is 30.5 Å². The highest BCUT2D eigenvalue weighted by Gasteiger charge is 2.68. The average Bonchev–Trinajstić information content (AvgIpc) is 3.63. The van der Waals surface area contributed by atoms with Crippen LogP contribution in [0.3, 0.4) is 0 Å². The zero-order valence-electron chi connectivity index (χ0n) is 26.4. The van der Waals surface area contributed by atoms with Gasteiger partial charge in [0.1, 0.15) is 6.10 Å². The van der Waals surface area contributed by atoms with Gasteiger partial charge in [0.25, 0.3) is 0 Å². The highest BCUT2D eigenvalue weighted by Crippen LogP contribution is 2.72. The molecule has 1 aromatic heterocycles. The summed E-state index contributed by atoms with van der Waals surface area (Å²) < 4.78 is 22.8. The highest BCUT2D eigenvalue weighted by atomic mass is 16.5. The molecule has 0 saturated heterocycles. The lowest BCUT2D eigenvalue weighted by molar-refractivity contribution is -0.185. The molecule has 0 amide bonds. The van der Waals surface area contributed by atoms with E-state index in [4.69, 9.17) is 18.6 Å². The van der Waals surface area contributed by atoms with Gasteiger partial charge in [0.15, 0.2) is 17.3 Å². The summed E-state index contributed by atoms with van der Waals surface area (Å²) in [4.78, 5) is 26.8. The van der Waals surface area contributed by atoms with E-state index in [0.717, 1.165) is 24.8 Å². The summed E-state index contributed by atoms with van der Waals surface area (Å²) in [5, 5.41) is 0. The Morgan fingerprint density at radius 3 is 2.49 bits per heavy atom. The molecule has 1 aromatic carbocycles. The van der Waals surface area contributed by atoms with Crippen molar-refractivity contribution in [2.45, 2.75) is 72.3 Å². The number of esters is 1. The third-order valence-electron chi connectivity index (χ3n) is 11.9. The molecule has 1 heterocycles. The van der Waals surface area contributed by atoms with Crippen molar-refractivity contribution >= 4 is 17.8 Å². The molecule has 228 valence electrons. The van der Waals surface area contributed by atoms with Crippen LogP contribution in [0.25, 0.3) is 6.08 Å². The van der Waals surface area contributed by atoms with Gasteiger partial charge in [0.05, 0.1) is 26.7 Å². The number of allylic oxidation sites excluding steroid dienone is 3. The maximum Gasteiger partial charge on any atom is 0.331 e. The third-order valence-corrected chi connectivity index (χ3v) is 11.9. The van der Waals surface area contributed by atoms with Gasteiger partial charge in [-0.25, -0.2) is 4.79 Å². The second-order valence-corrected chi connectivity index (χ2v) is 14.2. The quantitative estimate of drug-likeness (QED) is 0.195. The average molecular weight is 585 g/mol. The van der Waals surface area contributed by atoms with Gasteiger partial charge in [0.2, 0.25) is 0 Å². The molecule has 6 rings (SSSR count). The second kappa shape index (κ2) is 10.3. The van der Waals surface area contributed by atoms with Crippen molar-refractivity contribution < 1.29 is 28.2 Å². The first-order valence-electron chi connectivity index (χ1n) is 15.5. The fraction of sp³-hybridized carbons (Fsp3) is 0.514. The molecule has 0 spiro atoms. The first kappa shape index (κ1) is 29.5. The van der Waals surface area contributed by atoms with E-state index in [9.17, 15) is 9.59 Å². The zero-order chi connectivity index (χ0) is 30.8. The summed E-state index contributed by atoms with van der Waals surface area (Å²) in [6.45, 7) is 11.2. The molecule has 0 aliphatic heterocycles. The van der Waals surface area contributed by atoms with Crippen LogP contribution in [0, 0.1) is 33.5 Å². The molecule has 0 radical (unpaired) electrons. The van der Waals surface area contributed by atoms with Gasteiger partial charge in [-0.2, -0.15) is 0 Å². The molecule has 4 aliphatic carbocycles. The van der Waals surface area contributed by atoms with Crippen molar-refractivity contribution in [1.82, 2.24) is 0 Å². The number of carbonyl (C=O) groups is 2. The monoisotopic (exact) mass is 584 g/mol. The maximum absolute atomic E-state index is 13.6. The molecule has 0 N–H and O–H groups in total. The molecule has 43 heavy (non-hydrogen) atoms. The molecule has 6 nitrogen and oxygen atoms in total. The highest BCUT2D eigenvalue weighted by molar-refractivity contribution is 5.96. The minimum absolute atomic E-state index is 0.0548. The van der Waals surface area contributed by atoms with Crippen molar-refractivity contribution in [1.29, 1.82) is 0 Å². The van der Waals surface area contributed by atoms with Crippen LogP contribution in [0.15, 0.2) is 71.1 Å². The summed E-state index contributed by atoms with van der Waals surface area (Å²) in [7, 11) is 3.19. The Hall–Kier alpha value is -3.54. The molecular weight excluding hydrogens is 540 g/mol. The van der Waals surface area contributed by atoms with Crippen LogP contribution in [0.4, 0.5) is 0 Å². The standard InChI is InChI=1S/C37H44O6/c1-34(2)30-21-32(43-33(39)13-9-23-8-11-26(40-6)27(20-23)41-7)37(5)28-12-10-25(24-16-19-42-22-24)35(28,3)17-14-29(37)36(30,4)18-15-31(34)38/h8-9,11-13,15-16,18-20,22,25,29-30,32H,10,14,17,21H2,1-7H3/b13-9-/t25-,29?,30?,32+,35-,36+,37-/m0/s1. The Kier molecular flexibility index (Phi) is 7.06. The number of methoxy groups -OCH3 is 2. The summed E-state index contributed by atoms with van der Waals surface area (Å²) in [6, 6.07) is 7.62. The third kappa shape index (κ3) is 4.35. The van der Waals surface area contributed by atoms with E-state index in [-0.39, 0.29) is 45.9 Å². The van der Waals surface area contributed by atoms with Gasteiger partial charge in [-0.05, 0) is 95.7 Å². The lowest BCUT2D eigenvalue weighted by Gasteiger charge is -2.66. The SMILES string of the molecule is COc1ccc(/C=C\C(=O)O[C@@H]2CC3C(C)(C)C(=O)C=C[C@]3(C)C3CC[C@]4(C)C(=CC[C@H]4c4ccoc4)[C@@]32C)cc1OC. The topological polar surface area (TPSA) is 75.0 Å². The van der Waals surface area contributed by atoms with E-state index >= 15 is 0 Å². The lowest BCUT2D eigenvalue weighted by atomic mass is 9.38. The van der Waals surface area contributed by atoms with Crippen molar-refractivity contribution in [2.24, 2.45) is 33.5 Å². The fourth-order valence-corrected chi connectivity index (χ4v) is 9.70. The molecular formula is C37H44O6. The van der Waals surface area contributed by atoms with E-state index in [2.05, 4.69) is 52.8 Å². The van der Waals surface area contributed by atoms with Crippen molar-refractivity contribution in [3.63, 3.8) is 0 Å². The number of furan rings is 1. The van der Waals surface area contributed by atoms with E-state index in [1.165, 1.54) is 17.2 Å². The first-order valence-corrected chi connectivity index (χ1v) is 15.5. The molecule has 2 saturated carbocycles. The van der Waals surface area contributed by atoms with Crippen molar-refractivity contribution in [3.05, 3.63) is 77.8 Å². The molecule has 7 atom stereocenters. The number of carbonyl (C=O) groups excluding carboxylic acids is 2. The first-order chi connectivity index (χ1) is 20.4. The maximum atomic E-state index is 13.6. The molecule has 0 bridgehead atoms. The minimum Gasteiger partial charge on any atom is -0.493 e. The van der Waals surface area contributed by atoms with E-state index in [0.29, 0.717) is 23.8 Å². The minimum atomic E-state index is -0.547. The summed E-state index contributed by atoms with van der Waals surface area (Å²) >= 11 is 0. The number of ether oxygens (including phenoxy) is 3. The van der Waals surface area contributed by atoms with Crippen molar-refractivity contribution in [3.8, 4) is 11.5 Å². The zero-order valence-corrected chi connectivity index (χ0v) is 26.4. The van der Waals surface area contributed by atoms with Gasteiger partial charge in [-0.1, -0.05) is 58.4 Å². The Morgan fingerprint density at radius 1 is 1.02 bits per heavy atom. The van der Waals surface area contributed by atoms with Crippen LogP contribution in [-0.4, -0.2) is 32.1 Å². The summed E-state index contributed by atoms with van der Waals surface area (Å²) in [5.41, 5.74) is 2.24. The predicted octanol–water partition coefficient (Wildman–Crippen LogP) is 7.95. The van der Waals surface area contributed by atoms with E-state index in [1.54, 1.807) is 26.6 Å². The molecule has 2 unspecified atom stereocenters. The van der Waals surface area contributed by atoms with Crippen LogP contribution >= 0.6 is 0 Å². The Labute approximate surface area is 255 Å². The van der Waals surface area contributed by atoms with Gasteiger partial charge in [0, 0.05) is 16.9 Å². The van der Waals surface area contributed by atoms with Crippen LogP contribution in [0.1, 0.15) is 77.3 Å². The Bertz CT molecular complexity index is 1510. The second-order valence-electron chi connectivity index (χ2n) is 14.2. The van der Waals surface area contributed by atoms with Crippen LogP contribution in [-0.2, 0) is 14.3 Å². The summed E-state index contributed by atoms with van der Waals surface area (Å²) in [6.07, 6.45) is 16.6. The number of benzene rings is 1. The van der Waals surface area contributed by atoms with Gasteiger partial charge in [-0.3, -0.25) is 4.79 Å².